The van der Waals surface area contributed by atoms with Gasteiger partial charge in [0, 0.05) is 6.07 Å². The minimum atomic E-state index is -1.07. The molecule has 0 aromatic carbocycles. The van der Waals surface area contributed by atoms with E-state index < -0.39 is 17.9 Å². The summed E-state index contributed by atoms with van der Waals surface area (Å²) >= 11 is 1.52. The Balaban J connectivity index is 2.07. The molecule has 1 aliphatic rings. The van der Waals surface area contributed by atoms with E-state index in [1.54, 1.807) is 6.07 Å². The first-order valence-corrected chi connectivity index (χ1v) is 9.51. The Labute approximate surface area is 144 Å². The predicted molar refractivity (Wildman–Crippen MR) is 92.3 cm³/mol. The zero-order valence-corrected chi connectivity index (χ0v) is 14.6. The molecule has 1 heterocycles. The van der Waals surface area contributed by atoms with Crippen LogP contribution in [0.15, 0.2) is 10.9 Å². The van der Waals surface area contributed by atoms with Crippen molar-refractivity contribution in [3.63, 3.8) is 0 Å². The molecule has 132 valence electrons. The van der Waals surface area contributed by atoms with Crippen LogP contribution in [0.1, 0.15) is 36.9 Å². The molecule has 1 aliphatic carbocycles. The molecule has 0 saturated carbocycles. The number of thioether (sulfide) groups is 1. The Kier molecular flexibility index (Phi) is 6.84. The Bertz CT molecular complexity index is 659. The van der Waals surface area contributed by atoms with Gasteiger partial charge in [-0.15, -0.1) is 0 Å². The fourth-order valence-corrected chi connectivity index (χ4v) is 3.23. The van der Waals surface area contributed by atoms with Crippen LogP contribution < -0.4 is 10.9 Å². The van der Waals surface area contributed by atoms with Crippen LogP contribution in [0.3, 0.4) is 0 Å². The molecule has 2 N–H and O–H groups in total. The van der Waals surface area contributed by atoms with Crippen molar-refractivity contribution in [2.75, 3.05) is 12.0 Å². The summed E-state index contributed by atoms with van der Waals surface area (Å²) in [4.78, 5) is 35.4. The molecule has 7 nitrogen and oxygen atoms in total. The standard InChI is InChI=1S/C16H23N3O4S/c1-24-8-7-13(16(22)23)17-14(20)10-19-15(21)9-11-5-3-2-4-6-12(11)18-19/h9,13H,2-8,10H2,1H3,(H,17,20)(H,22,23)/t13-/m0/s1. The van der Waals surface area contributed by atoms with Crippen LogP contribution in [0.2, 0.25) is 0 Å². The van der Waals surface area contributed by atoms with E-state index in [-0.39, 0.29) is 12.1 Å². The number of nitrogens with zero attached hydrogens (tertiary/aromatic N) is 2. The summed E-state index contributed by atoms with van der Waals surface area (Å²) in [6, 6.07) is 0.616. The van der Waals surface area contributed by atoms with E-state index in [0.29, 0.717) is 12.2 Å². The maximum atomic E-state index is 12.1. The summed E-state index contributed by atoms with van der Waals surface area (Å²) in [6.45, 7) is -0.255. The van der Waals surface area contributed by atoms with Gasteiger partial charge in [0.25, 0.3) is 5.56 Å². The van der Waals surface area contributed by atoms with Crippen molar-refractivity contribution in [2.45, 2.75) is 51.1 Å². The number of rotatable bonds is 7. The zero-order chi connectivity index (χ0) is 17.5. The minimum Gasteiger partial charge on any atom is -0.480 e. The number of amides is 1. The fraction of sp³-hybridized carbons (Fsp3) is 0.625. The molecule has 1 aromatic rings. The van der Waals surface area contributed by atoms with Gasteiger partial charge in [0.15, 0.2) is 0 Å². The van der Waals surface area contributed by atoms with Crippen LogP contribution in [-0.4, -0.2) is 44.8 Å². The number of aliphatic carboxylic acids is 1. The van der Waals surface area contributed by atoms with Crippen LogP contribution >= 0.6 is 11.8 Å². The second-order valence-electron chi connectivity index (χ2n) is 5.91. The smallest absolute Gasteiger partial charge is 0.326 e. The molecule has 0 aliphatic heterocycles. The number of fused-ring (bicyclic) bond motifs is 1. The molecular weight excluding hydrogens is 330 g/mol. The molecule has 1 atom stereocenters. The lowest BCUT2D eigenvalue weighted by atomic mass is 10.1. The number of hydrogen-bond donors (Lipinski definition) is 2. The highest BCUT2D eigenvalue weighted by Crippen LogP contribution is 2.16. The molecule has 0 unspecified atom stereocenters. The summed E-state index contributed by atoms with van der Waals surface area (Å²) in [6.07, 6.45) is 7.06. The van der Waals surface area contributed by atoms with Gasteiger partial charge in [-0.1, -0.05) is 6.42 Å². The van der Waals surface area contributed by atoms with E-state index in [1.165, 1.54) is 11.8 Å². The molecule has 1 amide bonds. The summed E-state index contributed by atoms with van der Waals surface area (Å²) in [5.41, 5.74) is 1.52. The van der Waals surface area contributed by atoms with Gasteiger partial charge < -0.3 is 10.4 Å². The molecule has 8 heteroatoms. The average Bonchev–Trinajstić information content (AvgIpc) is 2.76. The van der Waals surface area contributed by atoms with E-state index >= 15 is 0 Å². The van der Waals surface area contributed by atoms with Crippen LogP contribution in [-0.2, 0) is 29.0 Å². The highest BCUT2D eigenvalue weighted by Gasteiger charge is 2.20. The third kappa shape index (κ3) is 5.09. The van der Waals surface area contributed by atoms with Gasteiger partial charge in [-0.3, -0.25) is 9.59 Å². The van der Waals surface area contributed by atoms with Crippen molar-refractivity contribution in [2.24, 2.45) is 0 Å². The first kappa shape index (κ1) is 18.5. The maximum Gasteiger partial charge on any atom is 0.326 e. The number of carbonyl (C=O) groups excluding carboxylic acids is 1. The maximum absolute atomic E-state index is 12.1. The first-order valence-electron chi connectivity index (χ1n) is 8.12. The van der Waals surface area contributed by atoms with Gasteiger partial charge >= 0.3 is 5.97 Å². The molecule has 24 heavy (non-hydrogen) atoms. The van der Waals surface area contributed by atoms with E-state index in [1.807, 2.05) is 6.26 Å². The molecule has 1 aromatic heterocycles. The van der Waals surface area contributed by atoms with Crippen LogP contribution in [0.4, 0.5) is 0 Å². The number of hydrogen-bond acceptors (Lipinski definition) is 5. The predicted octanol–water partition coefficient (Wildman–Crippen LogP) is 0.835. The van der Waals surface area contributed by atoms with Gasteiger partial charge in [-0.2, -0.15) is 16.9 Å². The topological polar surface area (TPSA) is 101 Å². The largest absolute Gasteiger partial charge is 0.480 e. The second kappa shape index (κ2) is 8.86. The monoisotopic (exact) mass is 353 g/mol. The summed E-state index contributed by atoms with van der Waals surface area (Å²) in [7, 11) is 0. The van der Waals surface area contributed by atoms with E-state index in [2.05, 4.69) is 10.4 Å². The highest BCUT2D eigenvalue weighted by atomic mass is 32.2. The lowest BCUT2D eigenvalue weighted by Crippen LogP contribution is -2.44. The number of nitrogens with one attached hydrogen (secondary N) is 1. The lowest BCUT2D eigenvalue weighted by Gasteiger charge is -2.15. The Morgan fingerprint density at radius 1 is 1.38 bits per heavy atom. The van der Waals surface area contributed by atoms with Crippen LogP contribution in [0, 0.1) is 0 Å². The molecule has 0 spiro atoms. The lowest BCUT2D eigenvalue weighted by molar-refractivity contribution is -0.142. The van der Waals surface area contributed by atoms with Gasteiger partial charge in [0.2, 0.25) is 5.91 Å². The SMILES string of the molecule is CSCC[C@H](NC(=O)Cn1nc2c(cc1=O)CCCCC2)C(=O)O. The minimum absolute atomic E-state index is 0.255. The molecule has 0 saturated heterocycles. The average molecular weight is 353 g/mol. The van der Waals surface area contributed by atoms with Crippen molar-refractivity contribution in [3.05, 3.63) is 27.7 Å². The van der Waals surface area contributed by atoms with Gasteiger partial charge in [0.1, 0.15) is 12.6 Å². The van der Waals surface area contributed by atoms with E-state index in [0.717, 1.165) is 48.0 Å². The zero-order valence-electron chi connectivity index (χ0n) is 13.8. The molecule has 0 bridgehead atoms. The van der Waals surface area contributed by atoms with Crippen LogP contribution in [0.25, 0.3) is 0 Å². The number of aromatic nitrogens is 2. The van der Waals surface area contributed by atoms with Gasteiger partial charge in [-0.25, -0.2) is 9.48 Å². The molecule has 0 radical (unpaired) electrons. The summed E-state index contributed by atoms with van der Waals surface area (Å²) in [5, 5.41) is 15.9. The first-order chi connectivity index (χ1) is 11.5. The Morgan fingerprint density at radius 2 is 2.12 bits per heavy atom. The molecule has 2 rings (SSSR count). The van der Waals surface area contributed by atoms with Crippen molar-refractivity contribution in [1.29, 1.82) is 0 Å². The highest BCUT2D eigenvalue weighted by molar-refractivity contribution is 7.98. The van der Waals surface area contributed by atoms with E-state index in [4.69, 9.17) is 5.11 Å². The van der Waals surface area contributed by atoms with Gasteiger partial charge in [0.05, 0.1) is 5.69 Å². The normalized spacial score (nSPS) is 15.2. The quantitative estimate of drug-likeness (QED) is 0.704. The number of carboxylic acid groups (broad SMARTS) is 1. The Morgan fingerprint density at radius 3 is 2.83 bits per heavy atom. The number of carbonyl (C=O) groups is 2. The van der Waals surface area contributed by atoms with Crippen molar-refractivity contribution in [3.8, 4) is 0 Å². The third-order valence-corrected chi connectivity index (χ3v) is 4.71. The van der Waals surface area contributed by atoms with E-state index in [9.17, 15) is 14.4 Å². The second-order valence-corrected chi connectivity index (χ2v) is 6.90. The van der Waals surface area contributed by atoms with Crippen molar-refractivity contribution in [1.82, 2.24) is 15.1 Å². The Hall–Kier alpha value is -1.83. The van der Waals surface area contributed by atoms with Gasteiger partial charge in [-0.05, 0) is 49.7 Å². The molecule has 0 fully saturated rings. The van der Waals surface area contributed by atoms with Crippen molar-refractivity contribution < 1.29 is 14.7 Å². The summed E-state index contributed by atoms with van der Waals surface area (Å²) < 4.78 is 1.13. The molecular formula is C16H23N3O4S. The number of carboxylic acids is 1. The van der Waals surface area contributed by atoms with Crippen LogP contribution in [0.5, 0.6) is 0 Å². The third-order valence-electron chi connectivity index (χ3n) is 4.06. The number of aryl methyl sites for hydroxylation is 2. The fourth-order valence-electron chi connectivity index (χ4n) is 2.76. The summed E-state index contributed by atoms with van der Waals surface area (Å²) in [5.74, 6) is -0.944. The van der Waals surface area contributed by atoms with Crippen molar-refractivity contribution >= 4 is 23.6 Å².